The summed E-state index contributed by atoms with van der Waals surface area (Å²) in [5.41, 5.74) is 8.07. The number of aromatic amines is 1. The average molecular weight is 201 g/mol. The molecule has 0 bridgehead atoms. The maximum atomic E-state index is 5.82. The molecule has 2 atom stereocenters. The molecule has 0 saturated heterocycles. The highest BCUT2D eigenvalue weighted by Gasteiger charge is 2.34. The number of tetrazole rings is 1. The molecule has 1 aliphatic carbocycles. The molecule has 3 N–H and O–H groups in total. The summed E-state index contributed by atoms with van der Waals surface area (Å²) in [5.74, 6) is 1.14. The summed E-state index contributed by atoms with van der Waals surface area (Å²) in [4.78, 5) is 0. The van der Waals surface area contributed by atoms with E-state index in [2.05, 4.69) is 32.8 Å². The summed E-state index contributed by atoms with van der Waals surface area (Å²) in [6.45, 7) is 0. The van der Waals surface area contributed by atoms with Gasteiger partial charge in [0.1, 0.15) is 0 Å². The van der Waals surface area contributed by atoms with Crippen molar-refractivity contribution in [2.45, 2.75) is 18.4 Å². The second kappa shape index (κ2) is 3.13. The summed E-state index contributed by atoms with van der Waals surface area (Å²) < 4.78 is 0. The Labute approximate surface area is 86.7 Å². The first-order chi connectivity index (χ1) is 7.34. The van der Waals surface area contributed by atoms with Crippen molar-refractivity contribution in [3.8, 4) is 11.4 Å². The van der Waals surface area contributed by atoms with Crippen molar-refractivity contribution >= 4 is 0 Å². The van der Waals surface area contributed by atoms with Crippen LogP contribution < -0.4 is 5.73 Å². The SMILES string of the molecule is NC1CC1c1cccc(-c2nn[nH]n2)c1. The Balaban J connectivity index is 1.97. The lowest BCUT2D eigenvalue weighted by molar-refractivity contribution is 0.881. The highest BCUT2D eigenvalue weighted by molar-refractivity contribution is 5.56. The summed E-state index contributed by atoms with van der Waals surface area (Å²) in [6, 6.07) is 8.49. The minimum atomic E-state index is 0.325. The molecule has 2 unspecified atom stereocenters. The van der Waals surface area contributed by atoms with Crippen LogP contribution in [0.5, 0.6) is 0 Å². The van der Waals surface area contributed by atoms with Crippen LogP contribution in [0.15, 0.2) is 24.3 Å². The van der Waals surface area contributed by atoms with E-state index in [0.717, 1.165) is 12.0 Å². The van der Waals surface area contributed by atoms with E-state index in [0.29, 0.717) is 17.8 Å². The van der Waals surface area contributed by atoms with Gasteiger partial charge in [-0.15, -0.1) is 10.2 Å². The molecular formula is C10H11N5. The third-order valence-electron chi connectivity index (χ3n) is 2.76. The molecule has 1 aromatic carbocycles. The Morgan fingerprint density at radius 3 is 2.93 bits per heavy atom. The van der Waals surface area contributed by atoms with E-state index in [-0.39, 0.29) is 0 Å². The fourth-order valence-electron chi connectivity index (χ4n) is 1.79. The van der Waals surface area contributed by atoms with Crippen LogP contribution in [0.25, 0.3) is 11.4 Å². The second-order valence-corrected chi connectivity index (χ2v) is 3.87. The van der Waals surface area contributed by atoms with Crippen molar-refractivity contribution < 1.29 is 0 Å². The quantitative estimate of drug-likeness (QED) is 0.748. The summed E-state index contributed by atoms with van der Waals surface area (Å²) >= 11 is 0. The Morgan fingerprint density at radius 1 is 1.40 bits per heavy atom. The van der Waals surface area contributed by atoms with E-state index in [9.17, 15) is 0 Å². The molecular weight excluding hydrogens is 190 g/mol. The van der Waals surface area contributed by atoms with Crippen molar-refractivity contribution in [1.29, 1.82) is 0 Å². The Kier molecular flexibility index (Phi) is 1.78. The number of H-pyrrole nitrogens is 1. The Bertz CT molecular complexity index is 464. The lowest BCUT2D eigenvalue weighted by Crippen LogP contribution is -2.00. The van der Waals surface area contributed by atoms with Gasteiger partial charge in [-0.25, -0.2) is 0 Å². The third-order valence-corrected chi connectivity index (χ3v) is 2.76. The molecule has 5 heteroatoms. The smallest absolute Gasteiger partial charge is 0.204 e. The van der Waals surface area contributed by atoms with Gasteiger partial charge in [0.15, 0.2) is 0 Å². The number of nitrogens with one attached hydrogen (secondary N) is 1. The highest BCUT2D eigenvalue weighted by Crippen LogP contribution is 2.39. The van der Waals surface area contributed by atoms with Gasteiger partial charge in [0.2, 0.25) is 5.82 Å². The fourth-order valence-corrected chi connectivity index (χ4v) is 1.79. The fraction of sp³-hybridized carbons (Fsp3) is 0.300. The lowest BCUT2D eigenvalue weighted by atomic mass is 10.1. The molecule has 1 saturated carbocycles. The largest absolute Gasteiger partial charge is 0.327 e. The molecule has 1 aromatic heterocycles. The van der Waals surface area contributed by atoms with Crippen molar-refractivity contribution in [2.75, 3.05) is 0 Å². The second-order valence-electron chi connectivity index (χ2n) is 3.87. The highest BCUT2D eigenvalue weighted by atomic mass is 15.5. The number of nitrogens with zero attached hydrogens (tertiary/aromatic N) is 3. The number of benzene rings is 1. The molecule has 1 fully saturated rings. The first-order valence-electron chi connectivity index (χ1n) is 4.94. The molecule has 1 heterocycles. The van der Waals surface area contributed by atoms with Gasteiger partial charge in [0, 0.05) is 17.5 Å². The lowest BCUT2D eigenvalue weighted by Gasteiger charge is -2.00. The van der Waals surface area contributed by atoms with E-state index in [1.54, 1.807) is 0 Å². The maximum absolute atomic E-state index is 5.82. The van der Waals surface area contributed by atoms with Crippen LogP contribution in [0.1, 0.15) is 17.9 Å². The standard InChI is InChI=1S/C10H11N5/c11-9-5-8(9)6-2-1-3-7(4-6)10-12-14-15-13-10/h1-4,8-9H,5,11H2,(H,12,13,14,15). The molecule has 0 amide bonds. The van der Waals surface area contributed by atoms with Crippen LogP contribution in [0.2, 0.25) is 0 Å². The summed E-state index contributed by atoms with van der Waals surface area (Å²) in [6.07, 6.45) is 1.08. The Morgan fingerprint density at radius 2 is 2.27 bits per heavy atom. The van der Waals surface area contributed by atoms with E-state index >= 15 is 0 Å². The Hall–Kier alpha value is -1.75. The van der Waals surface area contributed by atoms with Crippen molar-refractivity contribution in [2.24, 2.45) is 5.73 Å². The number of nitrogens with two attached hydrogens (primary N) is 1. The van der Waals surface area contributed by atoms with Gasteiger partial charge in [-0.05, 0) is 23.3 Å². The number of aromatic nitrogens is 4. The molecule has 3 rings (SSSR count). The number of hydrogen-bond acceptors (Lipinski definition) is 4. The summed E-state index contributed by atoms with van der Waals surface area (Å²) in [7, 11) is 0. The average Bonchev–Trinajstić information content (AvgIpc) is 2.81. The monoisotopic (exact) mass is 201 g/mol. The molecule has 15 heavy (non-hydrogen) atoms. The van der Waals surface area contributed by atoms with Crippen LogP contribution >= 0.6 is 0 Å². The topological polar surface area (TPSA) is 80.5 Å². The molecule has 1 aliphatic rings. The minimum Gasteiger partial charge on any atom is -0.327 e. The molecule has 0 spiro atoms. The van der Waals surface area contributed by atoms with Crippen molar-refractivity contribution in [3.63, 3.8) is 0 Å². The predicted octanol–water partition coefficient (Wildman–Crippen LogP) is 0.681. The van der Waals surface area contributed by atoms with Crippen LogP contribution in [-0.4, -0.2) is 26.7 Å². The number of hydrogen-bond donors (Lipinski definition) is 2. The van der Waals surface area contributed by atoms with Gasteiger partial charge in [0.05, 0.1) is 0 Å². The van der Waals surface area contributed by atoms with Crippen LogP contribution in [0.4, 0.5) is 0 Å². The van der Waals surface area contributed by atoms with Crippen molar-refractivity contribution in [3.05, 3.63) is 29.8 Å². The first-order valence-corrected chi connectivity index (χ1v) is 4.94. The van der Waals surface area contributed by atoms with E-state index < -0.39 is 0 Å². The van der Waals surface area contributed by atoms with Crippen molar-refractivity contribution in [1.82, 2.24) is 20.6 Å². The van der Waals surface area contributed by atoms with Crippen LogP contribution in [-0.2, 0) is 0 Å². The maximum Gasteiger partial charge on any atom is 0.204 e. The van der Waals surface area contributed by atoms with Gasteiger partial charge in [-0.2, -0.15) is 5.21 Å². The number of rotatable bonds is 2. The first kappa shape index (κ1) is 8.55. The van der Waals surface area contributed by atoms with E-state index in [4.69, 9.17) is 5.73 Å². The van der Waals surface area contributed by atoms with Crippen LogP contribution in [0.3, 0.4) is 0 Å². The van der Waals surface area contributed by atoms with Gasteiger partial charge in [-0.1, -0.05) is 18.2 Å². The van der Waals surface area contributed by atoms with E-state index in [1.807, 2.05) is 12.1 Å². The van der Waals surface area contributed by atoms with Gasteiger partial charge >= 0.3 is 0 Å². The van der Waals surface area contributed by atoms with Gasteiger partial charge < -0.3 is 5.73 Å². The zero-order valence-corrected chi connectivity index (χ0v) is 8.09. The van der Waals surface area contributed by atoms with Gasteiger partial charge in [0.25, 0.3) is 0 Å². The van der Waals surface area contributed by atoms with Crippen LogP contribution in [0, 0.1) is 0 Å². The zero-order valence-electron chi connectivity index (χ0n) is 8.09. The normalized spacial score (nSPS) is 24.1. The van der Waals surface area contributed by atoms with E-state index in [1.165, 1.54) is 5.56 Å². The molecule has 0 radical (unpaired) electrons. The zero-order chi connectivity index (χ0) is 10.3. The minimum absolute atomic E-state index is 0.325. The molecule has 76 valence electrons. The molecule has 0 aliphatic heterocycles. The summed E-state index contributed by atoms with van der Waals surface area (Å²) in [5, 5.41) is 13.9. The predicted molar refractivity (Wildman–Crippen MR) is 54.9 cm³/mol. The molecule has 2 aromatic rings. The molecule has 5 nitrogen and oxygen atoms in total. The van der Waals surface area contributed by atoms with Gasteiger partial charge in [-0.3, -0.25) is 0 Å². The third kappa shape index (κ3) is 1.50.